The predicted octanol–water partition coefficient (Wildman–Crippen LogP) is 1.47. The maximum atomic E-state index is 12.3. The van der Waals surface area contributed by atoms with Gasteiger partial charge in [-0.2, -0.15) is 0 Å². The fourth-order valence-corrected chi connectivity index (χ4v) is 3.11. The molecule has 6 N–H and O–H groups in total. The Morgan fingerprint density at radius 2 is 1.96 bits per heavy atom. The molecular formula is C19H19N7O2. The maximum Gasteiger partial charge on any atom is 0.251 e. The van der Waals surface area contributed by atoms with Crippen molar-refractivity contribution < 1.29 is 9.59 Å². The second kappa shape index (κ2) is 6.69. The number of aromatic nitrogens is 4. The third-order valence-corrected chi connectivity index (χ3v) is 4.46. The second-order valence-electron chi connectivity index (χ2n) is 6.46. The number of hydrogen-bond donors (Lipinski definition) is 5. The van der Waals surface area contributed by atoms with Gasteiger partial charge in [0.15, 0.2) is 5.65 Å². The van der Waals surface area contributed by atoms with Crippen LogP contribution in [0.3, 0.4) is 0 Å². The quantitative estimate of drug-likeness (QED) is 0.366. The van der Waals surface area contributed by atoms with Crippen LogP contribution in [0.25, 0.3) is 33.3 Å². The Balaban J connectivity index is 1.71. The van der Waals surface area contributed by atoms with Crippen molar-refractivity contribution in [2.24, 2.45) is 0 Å². The smallest absolute Gasteiger partial charge is 0.251 e. The molecule has 9 nitrogen and oxygen atoms in total. The summed E-state index contributed by atoms with van der Waals surface area (Å²) in [5.74, 6) is 0.558. The van der Waals surface area contributed by atoms with Gasteiger partial charge in [0.2, 0.25) is 5.91 Å². The number of likely N-dealkylation sites (N-methyl/N-ethyl adjacent to an activating group) is 1. The number of imidazole rings is 1. The number of nitrogen functional groups attached to an aromatic ring is 1. The van der Waals surface area contributed by atoms with Crippen LogP contribution in [-0.2, 0) is 4.79 Å². The molecule has 0 unspecified atom stereocenters. The van der Waals surface area contributed by atoms with Crippen LogP contribution in [0.4, 0.5) is 5.82 Å². The normalized spacial score (nSPS) is 11.1. The Kier molecular flexibility index (Phi) is 4.19. The summed E-state index contributed by atoms with van der Waals surface area (Å²) in [5.41, 5.74) is 10.3. The van der Waals surface area contributed by atoms with Crippen molar-refractivity contribution in [3.63, 3.8) is 0 Å². The van der Waals surface area contributed by atoms with E-state index in [0.717, 1.165) is 33.5 Å². The number of carbonyl (C=O) groups excluding carboxylic acids is 2. The zero-order valence-electron chi connectivity index (χ0n) is 15.4. The molecule has 0 saturated carbocycles. The second-order valence-corrected chi connectivity index (χ2v) is 6.46. The molecule has 0 fully saturated rings. The highest BCUT2D eigenvalue weighted by Crippen LogP contribution is 2.30. The molecule has 4 aromatic rings. The van der Waals surface area contributed by atoms with E-state index in [1.54, 1.807) is 18.2 Å². The van der Waals surface area contributed by atoms with Crippen molar-refractivity contribution >= 4 is 39.7 Å². The zero-order valence-corrected chi connectivity index (χ0v) is 15.4. The molecule has 0 radical (unpaired) electrons. The third kappa shape index (κ3) is 3.13. The summed E-state index contributed by atoms with van der Waals surface area (Å²) >= 11 is 0. The monoisotopic (exact) mass is 377 g/mol. The number of nitrogens with zero attached hydrogens (tertiary/aromatic N) is 2. The molecule has 0 atom stereocenters. The fourth-order valence-electron chi connectivity index (χ4n) is 3.11. The average Bonchev–Trinajstić information content (AvgIpc) is 3.26. The van der Waals surface area contributed by atoms with E-state index < -0.39 is 0 Å². The number of amides is 2. The number of anilines is 1. The summed E-state index contributed by atoms with van der Waals surface area (Å²) in [5, 5.41) is 5.91. The van der Waals surface area contributed by atoms with Crippen molar-refractivity contribution in [1.29, 1.82) is 0 Å². The Morgan fingerprint density at radius 3 is 2.75 bits per heavy atom. The lowest BCUT2D eigenvalue weighted by atomic mass is 10.1. The lowest BCUT2D eigenvalue weighted by Gasteiger charge is -2.04. The SMILES string of the molecule is CNC(=O)CNC(=O)c1ccc2[nH]c(-c3cc(N)nc4nc(C)[nH]c34)cc2c1. The summed E-state index contributed by atoms with van der Waals surface area (Å²) in [6.07, 6.45) is 0. The Hall–Kier alpha value is -3.88. The van der Waals surface area contributed by atoms with Crippen molar-refractivity contribution in [2.75, 3.05) is 19.3 Å². The van der Waals surface area contributed by atoms with Crippen molar-refractivity contribution in [2.45, 2.75) is 6.92 Å². The van der Waals surface area contributed by atoms with Crippen LogP contribution >= 0.6 is 0 Å². The highest BCUT2D eigenvalue weighted by Gasteiger charge is 2.14. The van der Waals surface area contributed by atoms with Gasteiger partial charge in [0.05, 0.1) is 12.1 Å². The highest BCUT2D eigenvalue weighted by atomic mass is 16.2. The number of hydrogen-bond acceptors (Lipinski definition) is 5. The number of nitrogens with one attached hydrogen (secondary N) is 4. The molecule has 4 rings (SSSR count). The minimum Gasteiger partial charge on any atom is -0.384 e. The first-order valence-electron chi connectivity index (χ1n) is 8.69. The van der Waals surface area contributed by atoms with Crippen LogP contribution in [0.15, 0.2) is 30.3 Å². The number of rotatable bonds is 4. The van der Waals surface area contributed by atoms with Crippen molar-refractivity contribution in [3.05, 3.63) is 41.7 Å². The Labute approximate surface area is 159 Å². The first-order chi connectivity index (χ1) is 13.4. The maximum absolute atomic E-state index is 12.3. The number of pyridine rings is 1. The molecule has 0 bridgehead atoms. The van der Waals surface area contributed by atoms with Crippen LogP contribution < -0.4 is 16.4 Å². The average molecular weight is 377 g/mol. The molecule has 9 heteroatoms. The largest absolute Gasteiger partial charge is 0.384 e. The molecular weight excluding hydrogens is 358 g/mol. The summed E-state index contributed by atoms with van der Waals surface area (Å²) in [4.78, 5) is 38.7. The van der Waals surface area contributed by atoms with Gasteiger partial charge < -0.3 is 26.3 Å². The molecule has 0 aliphatic carbocycles. The summed E-state index contributed by atoms with van der Waals surface area (Å²) in [7, 11) is 1.52. The predicted molar refractivity (Wildman–Crippen MR) is 107 cm³/mol. The van der Waals surface area contributed by atoms with E-state index in [1.807, 2.05) is 19.1 Å². The third-order valence-electron chi connectivity index (χ3n) is 4.46. The molecule has 0 spiro atoms. The first kappa shape index (κ1) is 17.5. The van der Waals surface area contributed by atoms with E-state index >= 15 is 0 Å². The lowest BCUT2D eigenvalue weighted by molar-refractivity contribution is -0.119. The molecule has 1 aromatic carbocycles. The van der Waals surface area contributed by atoms with Gasteiger partial charge in [0, 0.05) is 34.8 Å². The molecule has 28 heavy (non-hydrogen) atoms. The standard InChI is InChI=1S/C19H19N7O2/c1-9-23-17-12(7-15(20)26-18(17)24-9)14-6-11-5-10(3-4-13(11)25-14)19(28)22-8-16(27)21-2/h3-7,25H,8H2,1-2H3,(H,21,27)(H,22,28)(H3,20,23,24,26). The number of carbonyl (C=O) groups is 2. The van der Waals surface area contributed by atoms with Gasteiger partial charge in [0.25, 0.3) is 5.91 Å². The highest BCUT2D eigenvalue weighted by molar-refractivity contribution is 6.01. The van der Waals surface area contributed by atoms with Gasteiger partial charge in [-0.05, 0) is 37.3 Å². The number of aromatic amines is 2. The molecule has 2 amide bonds. The van der Waals surface area contributed by atoms with Gasteiger partial charge >= 0.3 is 0 Å². The van der Waals surface area contributed by atoms with Crippen LogP contribution in [0, 0.1) is 6.92 Å². The molecule has 0 aliphatic heterocycles. The van der Waals surface area contributed by atoms with Crippen LogP contribution in [-0.4, -0.2) is 45.3 Å². The van der Waals surface area contributed by atoms with E-state index in [2.05, 4.69) is 30.6 Å². The molecule has 0 aliphatic rings. The fraction of sp³-hybridized carbons (Fsp3) is 0.158. The number of nitrogens with two attached hydrogens (primary N) is 1. The number of fused-ring (bicyclic) bond motifs is 2. The van der Waals surface area contributed by atoms with Crippen LogP contribution in [0.5, 0.6) is 0 Å². The first-order valence-corrected chi connectivity index (χ1v) is 8.69. The van der Waals surface area contributed by atoms with Gasteiger partial charge in [-0.3, -0.25) is 9.59 Å². The Bertz CT molecular complexity index is 1220. The van der Waals surface area contributed by atoms with Gasteiger partial charge in [-0.1, -0.05) is 0 Å². The van der Waals surface area contributed by atoms with Crippen molar-refractivity contribution in [3.8, 4) is 11.3 Å². The van der Waals surface area contributed by atoms with E-state index in [-0.39, 0.29) is 18.4 Å². The van der Waals surface area contributed by atoms with E-state index in [9.17, 15) is 9.59 Å². The number of benzene rings is 1. The topological polar surface area (TPSA) is 142 Å². The van der Waals surface area contributed by atoms with Gasteiger partial charge in [-0.25, -0.2) is 9.97 Å². The van der Waals surface area contributed by atoms with Crippen molar-refractivity contribution in [1.82, 2.24) is 30.6 Å². The van der Waals surface area contributed by atoms with E-state index in [4.69, 9.17) is 5.73 Å². The summed E-state index contributed by atoms with van der Waals surface area (Å²) < 4.78 is 0. The van der Waals surface area contributed by atoms with Crippen LogP contribution in [0.1, 0.15) is 16.2 Å². The zero-order chi connectivity index (χ0) is 19.8. The van der Waals surface area contributed by atoms with Crippen LogP contribution in [0.2, 0.25) is 0 Å². The van der Waals surface area contributed by atoms with E-state index in [0.29, 0.717) is 17.0 Å². The molecule has 3 aromatic heterocycles. The minimum absolute atomic E-state index is 0.0702. The number of aryl methyl sites for hydroxylation is 1. The lowest BCUT2D eigenvalue weighted by Crippen LogP contribution is -2.35. The minimum atomic E-state index is -0.312. The Morgan fingerprint density at radius 1 is 1.14 bits per heavy atom. The van der Waals surface area contributed by atoms with Gasteiger partial charge in [0.1, 0.15) is 11.6 Å². The summed E-state index contributed by atoms with van der Waals surface area (Å²) in [6.45, 7) is 1.79. The molecule has 142 valence electrons. The summed E-state index contributed by atoms with van der Waals surface area (Å²) in [6, 6.07) is 9.03. The van der Waals surface area contributed by atoms with E-state index in [1.165, 1.54) is 7.05 Å². The molecule has 0 saturated heterocycles. The molecule has 3 heterocycles. The van der Waals surface area contributed by atoms with Gasteiger partial charge in [-0.15, -0.1) is 0 Å². The number of H-pyrrole nitrogens is 2.